The predicted octanol–water partition coefficient (Wildman–Crippen LogP) is 2.63. The van der Waals surface area contributed by atoms with Crippen LogP contribution in [0.2, 0.25) is 0 Å². The van der Waals surface area contributed by atoms with E-state index in [-0.39, 0.29) is 6.10 Å². The number of hydrogen-bond acceptors (Lipinski definition) is 5. The third kappa shape index (κ3) is 3.03. The summed E-state index contributed by atoms with van der Waals surface area (Å²) >= 11 is 0. The maximum absolute atomic E-state index is 5.80. The van der Waals surface area contributed by atoms with E-state index in [0.717, 1.165) is 18.8 Å². The average molecular weight is 277 g/mol. The highest BCUT2D eigenvalue weighted by molar-refractivity contribution is 5.35. The number of rotatable bonds is 4. The first-order chi connectivity index (χ1) is 9.72. The SMILES string of the molecule is CC(C)Oc1cncc(NC2CCCC3OCCC23)n1. The lowest BCUT2D eigenvalue weighted by atomic mass is 9.82. The first-order valence-corrected chi connectivity index (χ1v) is 7.59. The van der Waals surface area contributed by atoms with Crippen molar-refractivity contribution < 1.29 is 9.47 Å². The minimum absolute atomic E-state index is 0.113. The molecule has 2 aliphatic rings. The number of nitrogens with one attached hydrogen (secondary N) is 1. The summed E-state index contributed by atoms with van der Waals surface area (Å²) in [4.78, 5) is 8.69. The molecule has 1 N–H and O–H groups in total. The summed E-state index contributed by atoms with van der Waals surface area (Å²) < 4.78 is 11.4. The van der Waals surface area contributed by atoms with Gasteiger partial charge in [-0.25, -0.2) is 0 Å². The van der Waals surface area contributed by atoms with Gasteiger partial charge in [0.2, 0.25) is 5.88 Å². The van der Waals surface area contributed by atoms with Crippen molar-refractivity contribution in [3.05, 3.63) is 12.4 Å². The zero-order valence-corrected chi connectivity index (χ0v) is 12.2. The molecule has 0 amide bonds. The molecule has 1 saturated carbocycles. The molecule has 1 aromatic rings. The van der Waals surface area contributed by atoms with Gasteiger partial charge in [-0.3, -0.25) is 4.98 Å². The average Bonchev–Trinajstić information content (AvgIpc) is 2.88. The molecule has 2 fully saturated rings. The highest BCUT2D eigenvalue weighted by Crippen LogP contribution is 2.35. The molecule has 0 aromatic carbocycles. The largest absolute Gasteiger partial charge is 0.474 e. The molecule has 0 spiro atoms. The van der Waals surface area contributed by atoms with Crippen molar-refractivity contribution in [1.82, 2.24) is 9.97 Å². The first kappa shape index (κ1) is 13.6. The number of hydrogen-bond donors (Lipinski definition) is 1. The zero-order valence-electron chi connectivity index (χ0n) is 12.2. The number of anilines is 1. The van der Waals surface area contributed by atoms with Crippen molar-refractivity contribution in [2.45, 2.75) is 57.8 Å². The fourth-order valence-corrected chi connectivity index (χ4v) is 3.26. The molecular weight excluding hydrogens is 254 g/mol. The highest BCUT2D eigenvalue weighted by atomic mass is 16.5. The highest BCUT2D eigenvalue weighted by Gasteiger charge is 2.37. The first-order valence-electron chi connectivity index (χ1n) is 7.59. The van der Waals surface area contributed by atoms with E-state index in [9.17, 15) is 0 Å². The van der Waals surface area contributed by atoms with E-state index in [2.05, 4.69) is 15.3 Å². The van der Waals surface area contributed by atoms with E-state index < -0.39 is 0 Å². The molecule has 3 rings (SSSR count). The van der Waals surface area contributed by atoms with Gasteiger partial charge in [0.15, 0.2) is 0 Å². The molecule has 3 atom stereocenters. The standard InChI is InChI=1S/C15H23N3O2/c1-10(2)20-15-9-16-8-14(18-15)17-12-4-3-5-13-11(12)6-7-19-13/h8-13H,3-7H2,1-2H3,(H,17,18). The normalized spacial score (nSPS) is 29.2. The van der Waals surface area contributed by atoms with E-state index in [1.165, 1.54) is 19.3 Å². The molecule has 20 heavy (non-hydrogen) atoms. The van der Waals surface area contributed by atoms with Crippen LogP contribution in [-0.4, -0.2) is 34.8 Å². The maximum Gasteiger partial charge on any atom is 0.234 e. The Hall–Kier alpha value is -1.36. The number of fused-ring (bicyclic) bond motifs is 1. The predicted molar refractivity (Wildman–Crippen MR) is 76.9 cm³/mol. The van der Waals surface area contributed by atoms with E-state index >= 15 is 0 Å². The number of nitrogens with zero attached hydrogens (tertiary/aromatic N) is 2. The molecular formula is C15H23N3O2. The van der Waals surface area contributed by atoms with Gasteiger partial charge >= 0.3 is 0 Å². The Morgan fingerprint density at radius 1 is 1.30 bits per heavy atom. The summed E-state index contributed by atoms with van der Waals surface area (Å²) in [5.74, 6) is 2.00. The van der Waals surface area contributed by atoms with Crippen LogP contribution in [0.1, 0.15) is 39.5 Å². The summed E-state index contributed by atoms with van der Waals surface area (Å²) in [5, 5.41) is 3.53. The second-order valence-corrected chi connectivity index (χ2v) is 5.95. The van der Waals surface area contributed by atoms with Gasteiger partial charge < -0.3 is 14.8 Å². The van der Waals surface area contributed by atoms with Crippen molar-refractivity contribution in [2.24, 2.45) is 5.92 Å². The minimum Gasteiger partial charge on any atom is -0.474 e. The minimum atomic E-state index is 0.113. The van der Waals surface area contributed by atoms with Crippen LogP contribution in [0.5, 0.6) is 5.88 Å². The smallest absolute Gasteiger partial charge is 0.234 e. The molecule has 3 unspecified atom stereocenters. The fourth-order valence-electron chi connectivity index (χ4n) is 3.26. The molecule has 5 nitrogen and oxygen atoms in total. The van der Waals surface area contributed by atoms with E-state index in [0.29, 0.717) is 23.9 Å². The Morgan fingerprint density at radius 2 is 2.20 bits per heavy atom. The molecule has 2 heterocycles. The van der Waals surface area contributed by atoms with Crippen LogP contribution in [-0.2, 0) is 4.74 Å². The van der Waals surface area contributed by atoms with Crippen molar-refractivity contribution in [2.75, 3.05) is 11.9 Å². The lowest BCUT2D eigenvalue weighted by Gasteiger charge is -2.33. The van der Waals surface area contributed by atoms with Crippen LogP contribution >= 0.6 is 0 Å². The fraction of sp³-hybridized carbons (Fsp3) is 0.733. The molecule has 1 aliphatic heterocycles. The van der Waals surface area contributed by atoms with Gasteiger partial charge in [-0.2, -0.15) is 4.98 Å². The second kappa shape index (κ2) is 5.95. The second-order valence-electron chi connectivity index (χ2n) is 5.95. The van der Waals surface area contributed by atoms with Crippen molar-refractivity contribution in [1.29, 1.82) is 0 Å². The molecule has 0 bridgehead atoms. The van der Waals surface area contributed by atoms with Crippen LogP contribution in [0.3, 0.4) is 0 Å². The van der Waals surface area contributed by atoms with E-state index in [1.807, 2.05) is 13.8 Å². The Balaban J connectivity index is 1.67. The van der Waals surface area contributed by atoms with Gasteiger partial charge in [-0.05, 0) is 39.5 Å². The van der Waals surface area contributed by atoms with E-state index in [1.54, 1.807) is 12.4 Å². The van der Waals surface area contributed by atoms with Gasteiger partial charge in [0, 0.05) is 18.6 Å². The summed E-state index contributed by atoms with van der Waals surface area (Å²) in [6.07, 6.45) is 8.73. The third-order valence-electron chi connectivity index (χ3n) is 4.08. The van der Waals surface area contributed by atoms with Gasteiger partial charge in [0.25, 0.3) is 0 Å². The van der Waals surface area contributed by atoms with Crippen LogP contribution in [0.15, 0.2) is 12.4 Å². The Kier molecular flexibility index (Phi) is 4.05. The van der Waals surface area contributed by atoms with Crippen molar-refractivity contribution in [3.8, 4) is 5.88 Å². The maximum atomic E-state index is 5.80. The van der Waals surface area contributed by atoms with Crippen molar-refractivity contribution in [3.63, 3.8) is 0 Å². The lowest BCUT2D eigenvalue weighted by molar-refractivity contribution is 0.0619. The van der Waals surface area contributed by atoms with E-state index in [4.69, 9.17) is 9.47 Å². The molecule has 1 saturated heterocycles. The Bertz CT molecular complexity index is 452. The monoisotopic (exact) mass is 277 g/mol. The molecule has 110 valence electrons. The lowest BCUT2D eigenvalue weighted by Crippen LogP contribution is -2.38. The summed E-state index contributed by atoms with van der Waals surface area (Å²) in [6.45, 7) is 4.88. The number of ether oxygens (including phenoxy) is 2. The zero-order chi connectivity index (χ0) is 13.9. The molecule has 1 aromatic heterocycles. The van der Waals surface area contributed by atoms with Gasteiger partial charge in [0.1, 0.15) is 5.82 Å². The summed E-state index contributed by atoms with van der Waals surface area (Å²) in [7, 11) is 0. The Labute approximate surface area is 120 Å². The van der Waals surface area contributed by atoms with Crippen LogP contribution in [0.25, 0.3) is 0 Å². The van der Waals surface area contributed by atoms with Crippen LogP contribution in [0, 0.1) is 5.92 Å². The Morgan fingerprint density at radius 3 is 3.05 bits per heavy atom. The summed E-state index contributed by atoms with van der Waals surface area (Å²) in [5.41, 5.74) is 0. The van der Waals surface area contributed by atoms with Crippen LogP contribution < -0.4 is 10.1 Å². The van der Waals surface area contributed by atoms with Gasteiger partial charge in [0.05, 0.1) is 24.6 Å². The van der Waals surface area contributed by atoms with Crippen molar-refractivity contribution >= 4 is 5.82 Å². The molecule has 0 radical (unpaired) electrons. The third-order valence-corrected chi connectivity index (χ3v) is 4.08. The molecule has 5 heteroatoms. The van der Waals surface area contributed by atoms with Gasteiger partial charge in [-0.1, -0.05) is 0 Å². The van der Waals surface area contributed by atoms with Crippen LogP contribution in [0.4, 0.5) is 5.82 Å². The number of aromatic nitrogens is 2. The summed E-state index contributed by atoms with van der Waals surface area (Å²) in [6, 6.07) is 0.444. The topological polar surface area (TPSA) is 56.3 Å². The van der Waals surface area contributed by atoms with Gasteiger partial charge in [-0.15, -0.1) is 0 Å². The molecule has 1 aliphatic carbocycles. The quantitative estimate of drug-likeness (QED) is 0.917.